The molecule has 1 saturated heterocycles. The molecule has 1 heterocycles. The summed E-state index contributed by atoms with van der Waals surface area (Å²) in [4.78, 5) is 13.6. The molecule has 1 aliphatic heterocycles. The Bertz CT molecular complexity index is 1880. The lowest BCUT2D eigenvalue weighted by Gasteiger charge is -2.38. The summed E-state index contributed by atoms with van der Waals surface area (Å²) in [6.45, 7) is 7.39. The molecule has 0 bridgehead atoms. The monoisotopic (exact) mass is 697 g/mol. The number of hydrogen-bond acceptors (Lipinski definition) is 3. The van der Waals surface area contributed by atoms with E-state index in [4.69, 9.17) is 9.47 Å². The number of ether oxygens (including phenoxy) is 2. The standard InChI is InChI=1S/C49H47NO3/c1-38-47(2,35-37-53-49(42-28-15-6-16-29-42,43-30-17-7-18-31-43)44-32-19-8-20-33-44)45(46(51)50-38)34-21-36-52-48(39-22-9-3-10-23-39,40-24-11-4-12-25-40)41-26-13-5-14-27-41/h3-20,22-33,45H,1,21,34-37H2,2H3,(H,50,51)/t45-,47-/m1/s1. The minimum absolute atomic E-state index is 0.0124. The summed E-state index contributed by atoms with van der Waals surface area (Å²) < 4.78 is 14.2. The summed E-state index contributed by atoms with van der Waals surface area (Å²) in [7, 11) is 0. The minimum Gasteiger partial charge on any atom is -0.361 e. The Hall–Kier alpha value is -5.55. The van der Waals surface area contributed by atoms with Gasteiger partial charge in [0.2, 0.25) is 5.91 Å². The second-order valence-electron chi connectivity index (χ2n) is 14.1. The third-order valence-corrected chi connectivity index (χ3v) is 11.0. The van der Waals surface area contributed by atoms with Crippen LogP contribution in [0.5, 0.6) is 0 Å². The lowest BCUT2D eigenvalue weighted by atomic mass is 9.73. The van der Waals surface area contributed by atoms with E-state index < -0.39 is 16.6 Å². The molecule has 6 aromatic rings. The predicted molar refractivity (Wildman–Crippen MR) is 213 cm³/mol. The molecule has 1 fully saturated rings. The van der Waals surface area contributed by atoms with Crippen LogP contribution in [0.2, 0.25) is 0 Å². The summed E-state index contributed by atoms with van der Waals surface area (Å²) in [5.41, 5.74) is 4.92. The van der Waals surface area contributed by atoms with Gasteiger partial charge in [0.15, 0.2) is 0 Å². The van der Waals surface area contributed by atoms with E-state index in [2.05, 4.69) is 164 Å². The number of carbonyl (C=O) groups excluding carboxylic acids is 1. The van der Waals surface area contributed by atoms with Gasteiger partial charge in [-0.15, -0.1) is 0 Å². The molecule has 2 atom stereocenters. The molecule has 1 amide bonds. The van der Waals surface area contributed by atoms with Crippen molar-refractivity contribution in [3.05, 3.63) is 228 Å². The van der Waals surface area contributed by atoms with Gasteiger partial charge in [-0.1, -0.05) is 195 Å². The molecule has 1 N–H and O–H groups in total. The highest BCUT2D eigenvalue weighted by Gasteiger charge is 2.48. The Balaban J connectivity index is 1.13. The molecule has 0 saturated carbocycles. The maximum atomic E-state index is 13.6. The lowest BCUT2D eigenvalue weighted by Crippen LogP contribution is -2.36. The molecule has 266 valence electrons. The molecule has 0 radical (unpaired) electrons. The summed E-state index contributed by atoms with van der Waals surface area (Å²) in [5.74, 6) is -0.264. The smallest absolute Gasteiger partial charge is 0.228 e. The highest BCUT2D eigenvalue weighted by molar-refractivity contribution is 5.85. The Kier molecular flexibility index (Phi) is 10.8. The summed E-state index contributed by atoms with van der Waals surface area (Å²) >= 11 is 0. The van der Waals surface area contributed by atoms with Crippen molar-refractivity contribution in [3.63, 3.8) is 0 Å². The SMILES string of the molecule is C=C1NC(=O)[C@@H](CCCOC(c2ccccc2)(c2ccccc2)c2ccccc2)[C@]1(C)CCOC(c1ccccc1)(c1ccccc1)c1ccccc1. The minimum atomic E-state index is -0.837. The van der Waals surface area contributed by atoms with E-state index in [9.17, 15) is 4.79 Å². The Morgan fingerprint density at radius 3 is 1.15 bits per heavy atom. The van der Waals surface area contributed by atoms with Crippen molar-refractivity contribution in [3.8, 4) is 0 Å². The van der Waals surface area contributed by atoms with E-state index >= 15 is 0 Å². The fourth-order valence-electron chi connectivity index (χ4n) is 8.12. The van der Waals surface area contributed by atoms with Gasteiger partial charge in [-0.25, -0.2) is 0 Å². The quantitative estimate of drug-likeness (QED) is 0.0858. The van der Waals surface area contributed by atoms with Gasteiger partial charge in [0, 0.05) is 30.2 Å². The fraction of sp³-hybridized carbons (Fsp3) is 0.204. The normalized spacial score (nSPS) is 17.4. The zero-order chi connectivity index (χ0) is 36.6. The van der Waals surface area contributed by atoms with Crippen LogP contribution >= 0.6 is 0 Å². The average molecular weight is 698 g/mol. The molecule has 0 unspecified atom stereocenters. The summed E-state index contributed by atoms with van der Waals surface area (Å²) in [5, 5.41) is 3.11. The van der Waals surface area contributed by atoms with Crippen molar-refractivity contribution >= 4 is 5.91 Å². The van der Waals surface area contributed by atoms with Gasteiger partial charge in [-0.2, -0.15) is 0 Å². The molecule has 53 heavy (non-hydrogen) atoms. The van der Waals surface area contributed by atoms with Crippen LogP contribution in [0, 0.1) is 11.3 Å². The topological polar surface area (TPSA) is 47.6 Å². The molecular weight excluding hydrogens is 651 g/mol. The van der Waals surface area contributed by atoms with Crippen molar-refractivity contribution in [1.29, 1.82) is 0 Å². The van der Waals surface area contributed by atoms with E-state index in [0.717, 1.165) is 39.1 Å². The zero-order valence-electron chi connectivity index (χ0n) is 30.4. The van der Waals surface area contributed by atoms with Crippen molar-refractivity contribution < 1.29 is 14.3 Å². The predicted octanol–water partition coefficient (Wildman–Crippen LogP) is 10.4. The largest absolute Gasteiger partial charge is 0.361 e. The maximum absolute atomic E-state index is 13.6. The van der Waals surface area contributed by atoms with Crippen LogP contribution in [0.25, 0.3) is 0 Å². The first-order valence-electron chi connectivity index (χ1n) is 18.6. The van der Waals surface area contributed by atoms with Crippen LogP contribution in [0.15, 0.2) is 194 Å². The first-order valence-corrected chi connectivity index (χ1v) is 18.6. The zero-order valence-corrected chi connectivity index (χ0v) is 30.4. The first kappa shape index (κ1) is 35.8. The maximum Gasteiger partial charge on any atom is 0.228 e. The van der Waals surface area contributed by atoms with Crippen LogP contribution in [-0.4, -0.2) is 19.1 Å². The molecule has 4 heteroatoms. The van der Waals surface area contributed by atoms with Crippen LogP contribution in [0.1, 0.15) is 59.6 Å². The van der Waals surface area contributed by atoms with E-state index in [1.807, 2.05) is 36.4 Å². The second-order valence-corrected chi connectivity index (χ2v) is 14.1. The molecular formula is C49H47NO3. The second kappa shape index (κ2) is 16.0. The van der Waals surface area contributed by atoms with Crippen LogP contribution in [0.4, 0.5) is 0 Å². The van der Waals surface area contributed by atoms with Crippen molar-refractivity contribution in [2.45, 2.75) is 37.4 Å². The van der Waals surface area contributed by atoms with E-state index in [-0.39, 0.29) is 11.8 Å². The lowest BCUT2D eigenvalue weighted by molar-refractivity contribution is -0.124. The molecule has 7 rings (SSSR count). The number of amides is 1. The molecule has 0 aromatic heterocycles. The molecule has 6 aromatic carbocycles. The van der Waals surface area contributed by atoms with Crippen molar-refractivity contribution in [2.75, 3.05) is 13.2 Å². The number of nitrogens with one attached hydrogen (secondary N) is 1. The van der Waals surface area contributed by atoms with E-state index in [0.29, 0.717) is 32.5 Å². The van der Waals surface area contributed by atoms with Gasteiger partial charge in [0.25, 0.3) is 0 Å². The van der Waals surface area contributed by atoms with Gasteiger partial charge < -0.3 is 14.8 Å². The molecule has 4 nitrogen and oxygen atoms in total. The van der Waals surface area contributed by atoms with Gasteiger partial charge >= 0.3 is 0 Å². The van der Waals surface area contributed by atoms with Crippen LogP contribution in [-0.2, 0) is 25.5 Å². The van der Waals surface area contributed by atoms with Crippen molar-refractivity contribution in [2.24, 2.45) is 11.3 Å². The van der Waals surface area contributed by atoms with Crippen LogP contribution in [0.3, 0.4) is 0 Å². The molecule has 0 aliphatic carbocycles. The number of allylic oxidation sites excluding steroid dienone is 1. The van der Waals surface area contributed by atoms with Gasteiger partial charge in [0.05, 0.1) is 0 Å². The van der Waals surface area contributed by atoms with Crippen LogP contribution < -0.4 is 5.32 Å². The van der Waals surface area contributed by atoms with Gasteiger partial charge in [-0.3, -0.25) is 4.79 Å². The van der Waals surface area contributed by atoms with E-state index in [1.54, 1.807) is 0 Å². The average Bonchev–Trinajstić information content (AvgIpc) is 3.44. The first-order chi connectivity index (χ1) is 26.0. The number of carbonyl (C=O) groups is 1. The Morgan fingerprint density at radius 1 is 0.528 bits per heavy atom. The third-order valence-electron chi connectivity index (χ3n) is 11.0. The van der Waals surface area contributed by atoms with Gasteiger partial charge in [-0.05, 0) is 52.6 Å². The molecule has 0 spiro atoms. The summed E-state index contributed by atoms with van der Waals surface area (Å²) in [6, 6.07) is 62.4. The van der Waals surface area contributed by atoms with E-state index in [1.165, 1.54) is 0 Å². The number of benzene rings is 6. The summed E-state index contributed by atoms with van der Waals surface area (Å²) in [6.07, 6.45) is 1.96. The number of hydrogen-bond donors (Lipinski definition) is 1. The number of rotatable bonds is 15. The van der Waals surface area contributed by atoms with Crippen molar-refractivity contribution in [1.82, 2.24) is 5.32 Å². The van der Waals surface area contributed by atoms with Gasteiger partial charge in [0.1, 0.15) is 11.2 Å². The molecule has 1 aliphatic rings. The fourth-order valence-corrected chi connectivity index (χ4v) is 8.12. The third kappa shape index (κ3) is 7.01. The highest BCUT2D eigenvalue weighted by atomic mass is 16.5. The Morgan fingerprint density at radius 2 is 0.830 bits per heavy atom. The highest BCUT2D eigenvalue weighted by Crippen LogP contribution is 2.47. The Labute approximate surface area is 314 Å².